The molecular weight excluding hydrogens is 516 g/mol. The van der Waals surface area contributed by atoms with E-state index in [4.69, 9.17) is 4.84 Å². The second-order valence-corrected chi connectivity index (χ2v) is 13.2. The number of nitrogens with zero attached hydrogens (tertiary/aromatic N) is 1. The normalized spacial score (nSPS) is 11.5. The maximum absolute atomic E-state index is 12.6. The van der Waals surface area contributed by atoms with Gasteiger partial charge in [0.1, 0.15) is 0 Å². The highest BCUT2D eigenvalue weighted by Crippen LogP contribution is 2.13. The number of carbonyl (C=O) groups excluding carboxylic acids is 1. The molecule has 0 aromatic carbocycles. The quantitative estimate of drug-likeness (QED) is 0.0578. The number of hydrogen-bond donors (Lipinski definition) is 1. The van der Waals surface area contributed by atoms with Crippen LogP contribution in [0, 0.1) is 0 Å². The summed E-state index contributed by atoms with van der Waals surface area (Å²) in [6.45, 7) is 10.1. The van der Waals surface area contributed by atoms with Crippen LogP contribution in [0.4, 0.5) is 0 Å². The highest BCUT2D eigenvalue weighted by molar-refractivity contribution is 5.71. The third-order valence-electron chi connectivity index (χ3n) is 8.83. The summed E-state index contributed by atoms with van der Waals surface area (Å²) in [5.41, 5.74) is 2.96. The second kappa shape index (κ2) is 36.6. The fourth-order valence-corrected chi connectivity index (χ4v) is 5.95. The topological polar surface area (TPSA) is 41.6 Å². The zero-order chi connectivity index (χ0) is 30.6. The molecule has 0 fully saturated rings. The average molecular weight is 595 g/mol. The van der Waals surface area contributed by atoms with Gasteiger partial charge < -0.3 is 4.84 Å². The smallest absolute Gasteiger partial charge is 0.338 e. The molecule has 252 valence electrons. The number of hydrogen-bond acceptors (Lipinski definition) is 4. The van der Waals surface area contributed by atoms with Crippen molar-refractivity contribution in [2.75, 3.05) is 26.2 Å². The molecule has 0 saturated heterocycles. The van der Waals surface area contributed by atoms with Gasteiger partial charge in [-0.05, 0) is 32.4 Å². The van der Waals surface area contributed by atoms with Crippen LogP contribution in [0.5, 0.6) is 0 Å². The Kier molecular flexibility index (Phi) is 36.0. The minimum Gasteiger partial charge on any atom is -0.369 e. The first-order valence-electron chi connectivity index (χ1n) is 19.4. The minimum atomic E-state index is -0.110. The van der Waals surface area contributed by atoms with Gasteiger partial charge in [-0.15, -0.1) is 0 Å². The van der Waals surface area contributed by atoms with Crippen molar-refractivity contribution in [3.63, 3.8) is 0 Å². The molecule has 42 heavy (non-hydrogen) atoms. The molecule has 0 aliphatic carbocycles. The van der Waals surface area contributed by atoms with Crippen LogP contribution in [0.15, 0.2) is 0 Å². The number of rotatable bonds is 36. The van der Waals surface area contributed by atoms with Gasteiger partial charge in [0.25, 0.3) is 0 Å². The Balaban J connectivity index is 4.02. The molecule has 0 atom stereocenters. The Hall–Kier alpha value is -0.610. The summed E-state index contributed by atoms with van der Waals surface area (Å²) in [5.74, 6) is -0.110. The van der Waals surface area contributed by atoms with E-state index in [0.29, 0.717) is 6.54 Å². The molecule has 0 aliphatic heterocycles. The highest BCUT2D eigenvalue weighted by atomic mass is 16.7. The van der Waals surface area contributed by atoms with Crippen molar-refractivity contribution >= 4 is 5.97 Å². The van der Waals surface area contributed by atoms with Crippen molar-refractivity contribution < 1.29 is 9.63 Å². The molecule has 0 amide bonds. The van der Waals surface area contributed by atoms with E-state index in [1.165, 1.54) is 186 Å². The first kappa shape index (κ1) is 41.4. The van der Waals surface area contributed by atoms with E-state index in [2.05, 4.69) is 31.2 Å². The van der Waals surface area contributed by atoms with Gasteiger partial charge >= 0.3 is 5.97 Å². The molecule has 0 aliphatic rings. The summed E-state index contributed by atoms with van der Waals surface area (Å²) in [5, 5.41) is 0. The molecule has 0 spiro atoms. The van der Waals surface area contributed by atoms with E-state index in [-0.39, 0.29) is 5.97 Å². The summed E-state index contributed by atoms with van der Waals surface area (Å²) < 4.78 is 0. The molecule has 0 radical (unpaired) electrons. The second-order valence-electron chi connectivity index (χ2n) is 13.2. The van der Waals surface area contributed by atoms with Crippen LogP contribution >= 0.6 is 0 Å². The van der Waals surface area contributed by atoms with Crippen molar-refractivity contribution in [2.45, 2.75) is 213 Å². The summed E-state index contributed by atoms with van der Waals surface area (Å²) in [4.78, 5) is 20.4. The predicted molar refractivity (Wildman–Crippen MR) is 186 cm³/mol. The van der Waals surface area contributed by atoms with Gasteiger partial charge in [-0.3, -0.25) is 4.90 Å². The molecule has 0 aromatic heterocycles. The molecule has 4 heteroatoms. The third-order valence-corrected chi connectivity index (χ3v) is 8.83. The standard InChI is InChI=1S/C38H78N2O2/c1-4-7-10-13-16-19-22-25-28-31-34-39-42-38(41)37-40(35-32-29-26-23-20-17-14-11-8-5-2)36-33-30-27-24-21-18-15-12-9-6-3/h39H,4-37H2,1-3H3. The van der Waals surface area contributed by atoms with Crippen LogP contribution in [0.25, 0.3) is 0 Å². The maximum atomic E-state index is 12.6. The Bertz CT molecular complexity index is 489. The lowest BCUT2D eigenvalue weighted by atomic mass is 10.1. The molecule has 4 nitrogen and oxygen atoms in total. The zero-order valence-electron chi connectivity index (χ0n) is 29.3. The third kappa shape index (κ3) is 33.9. The van der Waals surface area contributed by atoms with Crippen molar-refractivity contribution in [3.05, 3.63) is 0 Å². The summed E-state index contributed by atoms with van der Waals surface area (Å²) >= 11 is 0. The Morgan fingerprint density at radius 2 is 0.714 bits per heavy atom. The highest BCUT2D eigenvalue weighted by Gasteiger charge is 2.12. The SMILES string of the molecule is CCCCCCCCCCCCNOC(=O)CN(CCCCCCCCCCCC)CCCCCCCCCCCC. The van der Waals surface area contributed by atoms with Crippen LogP contribution in [-0.4, -0.2) is 37.0 Å². The first-order valence-corrected chi connectivity index (χ1v) is 19.4. The number of unbranched alkanes of at least 4 members (excludes halogenated alkanes) is 27. The van der Waals surface area contributed by atoms with E-state index in [1.54, 1.807) is 0 Å². The predicted octanol–water partition coefficient (Wildman–Crippen LogP) is 12.1. The van der Waals surface area contributed by atoms with Crippen molar-refractivity contribution in [1.29, 1.82) is 0 Å². The molecular formula is C38H78N2O2. The van der Waals surface area contributed by atoms with Crippen LogP contribution in [0.3, 0.4) is 0 Å². The number of carbonyl (C=O) groups is 1. The summed E-state index contributed by atoms with van der Waals surface area (Å²) in [7, 11) is 0. The fraction of sp³-hybridized carbons (Fsp3) is 0.974. The molecule has 0 unspecified atom stereocenters. The zero-order valence-corrected chi connectivity index (χ0v) is 29.3. The van der Waals surface area contributed by atoms with E-state index in [0.717, 1.165) is 26.1 Å². The lowest BCUT2D eigenvalue weighted by Gasteiger charge is -2.21. The van der Waals surface area contributed by atoms with Crippen molar-refractivity contribution in [2.24, 2.45) is 0 Å². The Labute approximate surface area is 265 Å². The minimum absolute atomic E-state index is 0.110. The molecule has 0 heterocycles. The van der Waals surface area contributed by atoms with Gasteiger partial charge in [-0.1, -0.05) is 194 Å². The Morgan fingerprint density at radius 3 is 1.05 bits per heavy atom. The lowest BCUT2D eigenvalue weighted by Crippen LogP contribution is -2.35. The largest absolute Gasteiger partial charge is 0.369 e. The Morgan fingerprint density at radius 1 is 0.429 bits per heavy atom. The van der Waals surface area contributed by atoms with Crippen molar-refractivity contribution in [3.8, 4) is 0 Å². The van der Waals surface area contributed by atoms with Crippen LogP contribution in [-0.2, 0) is 9.63 Å². The molecule has 0 aromatic rings. The van der Waals surface area contributed by atoms with Crippen molar-refractivity contribution in [1.82, 2.24) is 10.4 Å². The molecule has 1 N–H and O–H groups in total. The van der Waals surface area contributed by atoms with Gasteiger partial charge in [-0.2, -0.15) is 5.48 Å². The van der Waals surface area contributed by atoms with Gasteiger partial charge in [0.05, 0.1) is 6.54 Å². The number of nitrogens with one attached hydrogen (secondary N) is 1. The maximum Gasteiger partial charge on any atom is 0.338 e. The van der Waals surface area contributed by atoms with Gasteiger partial charge in [-0.25, -0.2) is 4.79 Å². The van der Waals surface area contributed by atoms with Crippen LogP contribution < -0.4 is 5.48 Å². The molecule has 0 rings (SSSR count). The van der Waals surface area contributed by atoms with E-state index >= 15 is 0 Å². The van der Waals surface area contributed by atoms with Crippen LogP contribution in [0.1, 0.15) is 213 Å². The van der Waals surface area contributed by atoms with Gasteiger partial charge in [0, 0.05) is 6.54 Å². The number of hydroxylamine groups is 1. The lowest BCUT2D eigenvalue weighted by molar-refractivity contribution is -0.152. The molecule has 0 bridgehead atoms. The summed E-state index contributed by atoms with van der Waals surface area (Å²) in [6, 6.07) is 0. The fourth-order valence-electron chi connectivity index (χ4n) is 5.95. The monoisotopic (exact) mass is 595 g/mol. The average Bonchev–Trinajstić information content (AvgIpc) is 2.99. The van der Waals surface area contributed by atoms with Gasteiger partial charge in [0.2, 0.25) is 0 Å². The van der Waals surface area contributed by atoms with Gasteiger partial charge in [0.15, 0.2) is 0 Å². The van der Waals surface area contributed by atoms with E-state index in [9.17, 15) is 4.79 Å². The summed E-state index contributed by atoms with van der Waals surface area (Å²) in [6.07, 6.45) is 40.3. The van der Waals surface area contributed by atoms with E-state index in [1.807, 2.05) is 0 Å². The van der Waals surface area contributed by atoms with Crippen LogP contribution in [0.2, 0.25) is 0 Å². The molecule has 0 saturated carbocycles. The van der Waals surface area contributed by atoms with E-state index < -0.39 is 0 Å². The first-order chi connectivity index (χ1) is 20.7.